The van der Waals surface area contributed by atoms with Gasteiger partial charge in [-0.15, -0.1) is 0 Å². The molecule has 1 aliphatic carbocycles. The van der Waals surface area contributed by atoms with Gasteiger partial charge in [-0.25, -0.2) is 0 Å². The minimum atomic E-state index is -0.275. The summed E-state index contributed by atoms with van der Waals surface area (Å²) in [5.41, 5.74) is 3.07. The first-order valence-corrected chi connectivity index (χ1v) is 10.6. The summed E-state index contributed by atoms with van der Waals surface area (Å²) in [6, 6.07) is 18.7. The van der Waals surface area contributed by atoms with Crippen LogP contribution in [0.25, 0.3) is 0 Å². The van der Waals surface area contributed by atoms with E-state index in [9.17, 15) is 0 Å². The van der Waals surface area contributed by atoms with Gasteiger partial charge in [0.25, 0.3) is 0 Å². The van der Waals surface area contributed by atoms with Crippen LogP contribution in [0.1, 0.15) is 43.2 Å². The third-order valence-corrected chi connectivity index (χ3v) is 6.32. The van der Waals surface area contributed by atoms with Gasteiger partial charge in [-0.2, -0.15) is 0 Å². The molecule has 2 unspecified atom stereocenters. The van der Waals surface area contributed by atoms with Crippen molar-refractivity contribution >= 4 is 5.71 Å². The standard InChI is InChI=1S/C24H28N2O2/c1-2-9-15-26(14-8-1)16-17-27-25-23-20-12-6-7-13-22(20)28-24(18-21(23)24)19-10-4-3-5-11-19/h3-7,10-13,21H,1-2,8-9,14-18H2. The van der Waals surface area contributed by atoms with E-state index in [-0.39, 0.29) is 11.5 Å². The Hall–Kier alpha value is -2.33. The van der Waals surface area contributed by atoms with E-state index in [1.165, 1.54) is 44.3 Å². The average Bonchev–Trinajstić information content (AvgIpc) is 3.52. The lowest BCUT2D eigenvalue weighted by Gasteiger charge is -2.27. The molecule has 0 amide bonds. The van der Waals surface area contributed by atoms with E-state index in [2.05, 4.69) is 46.5 Å². The first kappa shape index (κ1) is 17.7. The molecular weight excluding hydrogens is 348 g/mol. The number of benzene rings is 2. The molecule has 146 valence electrons. The summed E-state index contributed by atoms with van der Waals surface area (Å²) in [7, 11) is 0. The second kappa shape index (κ2) is 7.59. The third-order valence-electron chi connectivity index (χ3n) is 6.32. The first-order valence-electron chi connectivity index (χ1n) is 10.6. The first-order chi connectivity index (χ1) is 13.9. The Balaban J connectivity index is 1.32. The van der Waals surface area contributed by atoms with Crippen molar-refractivity contribution in [2.24, 2.45) is 11.1 Å². The number of oxime groups is 1. The van der Waals surface area contributed by atoms with Crippen molar-refractivity contribution in [2.75, 3.05) is 26.2 Å². The van der Waals surface area contributed by atoms with Crippen molar-refractivity contribution in [3.05, 3.63) is 65.7 Å². The van der Waals surface area contributed by atoms with Crippen LogP contribution >= 0.6 is 0 Å². The Labute approximate surface area is 167 Å². The van der Waals surface area contributed by atoms with Gasteiger partial charge < -0.3 is 9.57 Å². The number of ether oxygens (including phenoxy) is 1. The highest BCUT2D eigenvalue weighted by Gasteiger charge is 2.64. The molecule has 2 aromatic rings. The highest BCUT2D eigenvalue weighted by Crippen LogP contribution is 2.60. The number of hydrogen-bond donors (Lipinski definition) is 0. The van der Waals surface area contributed by atoms with Gasteiger partial charge in [-0.3, -0.25) is 4.90 Å². The molecule has 28 heavy (non-hydrogen) atoms. The molecule has 1 saturated carbocycles. The lowest BCUT2D eigenvalue weighted by Crippen LogP contribution is -2.29. The summed E-state index contributed by atoms with van der Waals surface area (Å²) >= 11 is 0. The molecule has 2 aliphatic heterocycles. The maximum absolute atomic E-state index is 6.48. The molecule has 4 nitrogen and oxygen atoms in total. The normalized spacial score (nSPS) is 28.0. The fraction of sp³-hybridized carbons (Fsp3) is 0.458. The molecule has 2 aromatic carbocycles. The summed E-state index contributed by atoms with van der Waals surface area (Å²) in [6.07, 6.45) is 6.29. The minimum absolute atomic E-state index is 0.267. The second-order valence-corrected chi connectivity index (χ2v) is 8.18. The van der Waals surface area contributed by atoms with E-state index in [0.29, 0.717) is 6.61 Å². The van der Waals surface area contributed by atoms with Gasteiger partial charge in [0, 0.05) is 18.5 Å². The predicted molar refractivity (Wildman–Crippen MR) is 111 cm³/mol. The smallest absolute Gasteiger partial charge is 0.143 e. The average molecular weight is 377 g/mol. The molecule has 5 rings (SSSR count). The number of para-hydroxylation sites is 1. The summed E-state index contributed by atoms with van der Waals surface area (Å²) in [4.78, 5) is 8.35. The maximum Gasteiger partial charge on any atom is 0.143 e. The largest absolute Gasteiger partial charge is 0.481 e. The van der Waals surface area contributed by atoms with Crippen molar-refractivity contribution < 1.29 is 9.57 Å². The van der Waals surface area contributed by atoms with E-state index in [0.717, 1.165) is 30.0 Å². The number of rotatable bonds is 5. The van der Waals surface area contributed by atoms with Crippen LogP contribution in [0.3, 0.4) is 0 Å². The maximum atomic E-state index is 6.48. The zero-order valence-electron chi connectivity index (χ0n) is 16.3. The summed E-state index contributed by atoms with van der Waals surface area (Å²) < 4.78 is 6.48. The zero-order chi connectivity index (χ0) is 18.8. The molecule has 0 radical (unpaired) electrons. The zero-order valence-corrected chi connectivity index (χ0v) is 16.3. The van der Waals surface area contributed by atoms with Crippen molar-refractivity contribution in [3.63, 3.8) is 0 Å². The Morgan fingerprint density at radius 2 is 1.71 bits per heavy atom. The highest BCUT2D eigenvalue weighted by molar-refractivity contribution is 6.08. The molecule has 2 fully saturated rings. The summed E-state index contributed by atoms with van der Waals surface area (Å²) in [5, 5.41) is 4.64. The van der Waals surface area contributed by atoms with Gasteiger partial charge in [0.15, 0.2) is 0 Å². The van der Waals surface area contributed by atoms with E-state index in [1.807, 2.05) is 18.2 Å². The SMILES string of the molecule is c1ccc(C23CC2C(=NOCCN2CCCCCC2)c2ccccc2O3)cc1. The Bertz CT molecular complexity index is 843. The topological polar surface area (TPSA) is 34.1 Å². The molecule has 0 bridgehead atoms. The van der Waals surface area contributed by atoms with E-state index in [1.54, 1.807) is 0 Å². The lowest BCUT2D eigenvalue weighted by molar-refractivity contribution is 0.108. The number of fused-ring (bicyclic) bond motifs is 2. The molecule has 2 heterocycles. The highest BCUT2D eigenvalue weighted by atomic mass is 16.6. The van der Waals surface area contributed by atoms with E-state index in [4.69, 9.17) is 9.57 Å². The van der Waals surface area contributed by atoms with Crippen molar-refractivity contribution in [3.8, 4) is 5.75 Å². The monoisotopic (exact) mass is 376 g/mol. The third kappa shape index (κ3) is 3.30. The number of nitrogens with zero attached hydrogens (tertiary/aromatic N) is 2. The van der Waals surface area contributed by atoms with Gasteiger partial charge in [0.1, 0.15) is 18.0 Å². The lowest BCUT2D eigenvalue weighted by atomic mass is 9.96. The number of hydrogen-bond acceptors (Lipinski definition) is 4. The van der Waals surface area contributed by atoms with Gasteiger partial charge in [0.05, 0.1) is 11.6 Å². The Morgan fingerprint density at radius 1 is 0.964 bits per heavy atom. The van der Waals surface area contributed by atoms with E-state index >= 15 is 0 Å². The van der Waals surface area contributed by atoms with Gasteiger partial charge >= 0.3 is 0 Å². The molecule has 3 aliphatic rings. The minimum Gasteiger partial charge on any atom is -0.481 e. The van der Waals surface area contributed by atoms with Crippen molar-refractivity contribution in [1.29, 1.82) is 0 Å². The molecule has 0 spiro atoms. The van der Waals surface area contributed by atoms with Crippen LogP contribution < -0.4 is 4.74 Å². The predicted octanol–water partition coefficient (Wildman–Crippen LogP) is 4.59. The van der Waals surface area contributed by atoms with Crippen molar-refractivity contribution in [2.45, 2.75) is 37.7 Å². The van der Waals surface area contributed by atoms with Crippen LogP contribution in [0.15, 0.2) is 59.8 Å². The van der Waals surface area contributed by atoms with Crippen LogP contribution in [0.2, 0.25) is 0 Å². The molecule has 0 N–H and O–H groups in total. The van der Waals surface area contributed by atoms with Crippen LogP contribution in [0.4, 0.5) is 0 Å². The molecule has 1 saturated heterocycles. The van der Waals surface area contributed by atoms with Gasteiger partial charge in [-0.05, 0) is 43.6 Å². The second-order valence-electron chi connectivity index (χ2n) is 8.18. The fourth-order valence-corrected chi connectivity index (χ4v) is 4.68. The Morgan fingerprint density at radius 3 is 2.54 bits per heavy atom. The molecular formula is C24H28N2O2. The van der Waals surface area contributed by atoms with Crippen molar-refractivity contribution in [1.82, 2.24) is 4.90 Å². The van der Waals surface area contributed by atoms with Crippen LogP contribution in [0.5, 0.6) is 5.75 Å². The molecule has 0 aromatic heterocycles. The van der Waals surface area contributed by atoms with Gasteiger partial charge in [0.2, 0.25) is 0 Å². The summed E-state index contributed by atoms with van der Waals surface area (Å²) in [6.45, 7) is 3.99. The van der Waals surface area contributed by atoms with E-state index < -0.39 is 0 Å². The molecule has 4 heteroatoms. The summed E-state index contributed by atoms with van der Waals surface area (Å²) in [5.74, 6) is 1.18. The van der Waals surface area contributed by atoms with Crippen LogP contribution in [-0.4, -0.2) is 36.9 Å². The Kier molecular flexibility index (Phi) is 4.81. The quantitative estimate of drug-likeness (QED) is 0.565. The fourth-order valence-electron chi connectivity index (χ4n) is 4.68. The van der Waals surface area contributed by atoms with Crippen LogP contribution in [0, 0.1) is 5.92 Å². The molecule has 2 atom stereocenters. The van der Waals surface area contributed by atoms with Crippen LogP contribution in [-0.2, 0) is 10.4 Å². The number of likely N-dealkylation sites (tertiary alicyclic amines) is 1. The van der Waals surface area contributed by atoms with Gasteiger partial charge in [-0.1, -0.05) is 60.5 Å².